The van der Waals surface area contributed by atoms with Gasteiger partial charge in [-0.15, -0.1) is 0 Å². The van der Waals surface area contributed by atoms with Crippen LogP contribution in [0.2, 0.25) is 0 Å². The molecule has 0 aromatic heterocycles. The van der Waals surface area contributed by atoms with E-state index in [1.165, 1.54) is 5.56 Å². The normalized spacial score (nSPS) is 10.2. The largest absolute Gasteiger partial charge is 0.300 e. The number of carbonyl (C=O) groups is 1. The molecule has 1 aromatic rings. The lowest BCUT2D eigenvalue weighted by Gasteiger charge is -2.01. The zero-order valence-corrected chi connectivity index (χ0v) is 10.1. The van der Waals surface area contributed by atoms with Gasteiger partial charge in [0.05, 0.1) is 0 Å². The van der Waals surface area contributed by atoms with Crippen LogP contribution in [0.4, 0.5) is 0 Å². The maximum Gasteiger partial charge on any atom is 0.132 e. The second-order valence-corrected chi connectivity index (χ2v) is 4.64. The summed E-state index contributed by atoms with van der Waals surface area (Å²) in [5.41, 5.74) is 1.37. The number of Topliss-reactive ketones (excluding diaryl/α,β-unsaturated/α-hetero) is 1. The topological polar surface area (TPSA) is 17.1 Å². The van der Waals surface area contributed by atoms with Crippen molar-refractivity contribution in [1.82, 2.24) is 0 Å². The van der Waals surface area contributed by atoms with Crippen LogP contribution in [-0.4, -0.2) is 11.5 Å². The molecule has 0 aliphatic heterocycles. The number of rotatable bonds is 7. The van der Waals surface area contributed by atoms with E-state index < -0.39 is 0 Å². The molecule has 0 unspecified atom stereocenters. The summed E-state index contributed by atoms with van der Waals surface area (Å²) in [7, 11) is 0. The zero-order chi connectivity index (χ0) is 10.9. The van der Waals surface area contributed by atoms with E-state index in [-0.39, 0.29) is 0 Å². The quantitative estimate of drug-likeness (QED) is 0.655. The molecule has 15 heavy (non-hydrogen) atoms. The molecule has 2 heteroatoms. The average Bonchev–Trinajstić information content (AvgIpc) is 2.29. The smallest absolute Gasteiger partial charge is 0.132 e. The van der Waals surface area contributed by atoms with Crippen molar-refractivity contribution in [3.63, 3.8) is 0 Å². The van der Waals surface area contributed by atoms with Crippen LogP contribution in [0.25, 0.3) is 0 Å². The van der Waals surface area contributed by atoms with Crippen molar-refractivity contribution in [3.05, 3.63) is 35.9 Å². The molecular weight excluding hydrogens is 204 g/mol. The van der Waals surface area contributed by atoms with Crippen LogP contribution in [-0.2, 0) is 10.5 Å². The highest BCUT2D eigenvalue weighted by atomic mass is 32.2. The summed E-state index contributed by atoms with van der Waals surface area (Å²) in [5, 5.41) is 0. The van der Waals surface area contributed by atoms with Crippen LogP contribution in [0.3, 0.4) is 0 Å². The Kier molecular flexibility index (Phi) is 6.17. The molecule has 0 aliphatic rings. The number of hydrogen-bond acceptors (Lipinski definition) is 2. The van der Waals surface area contributed by atoms with Crippen molar-refractivity contribution in [1.29, 1.82) is 0 Å². The first-order valence-corrected chi connectivity index (χ1v) is 6.61. The van der Waals surface area contributed by atoms with E-state index >= 15 is 0 Å². The minimum atomic E-state index is 0.385. The van der Waals surface area contributed by atoms with Crippen molar-refractivity contribution in [3.8, 4) is 0 Å². The van der Waals surface area contributed by atoms with Crippen LogP contribution in [0.5, 0.6) is 0 Å². The van der Waals surface area contributed by atoms with E-state index in [1.54, 1.807) is 0 Å². The van der Waals surface area contributed by atoms with E-state index in [0.29, 0.717) is 12.2 Å². The summed E-state index contributed by atoms with van der Waals surface area (Å²) < 4.78 is 0. The number of hydrogen-bond donors (Lipinski definition) is 0. The molecule has 1 nitrogen and oxygen atoms in total. The molecule has 0 spiro atoms. The second-order valence-electron chi connectivity index (χ2n) is 3.53. The van der Waals surface area contributed by atoms with Gasteiger partial charge in [0.15, 0.2) is 0 Å². The Morgan fingerprint density at radius 2 is 2.00 bits per heavy atom. The van der Waals surface area contributed by atoms with Gasteiger partial charge in [-0.1, -0.05) is 37.3 Å². The molecule has 0 radical (unpaired) electrons. The van der Waals surface area contributed by atoms with Gasteiger partial charge in [-0.05, 0) is 17.7 Å². The summed E-state index contributed by atoms with van der Waals surface area (Å²) in [4.78, 5) is 11.0. The van der Waals surface area contributed by atoms with Gasteiger partial charge in [0.1, 0.15) is 5.78 Å². The van der Waals surface area contributed by atoms with Crippen molar-refractivity contribution in [2.45, 2.75) is 31.9 Å². The molecule has 0 atom stereocenters. The minimum absolute atomic E-state index is 0.385. The molecule has 0 saturated heterocycles. The number of ketones is 1. The third-order valence-corrected chi connectivity index (χ3v) is 3.36. The molecule has 0 amide bonds. The lowest BCUT2D eigenvalue weighted by Crippen LogP contribution is -1.95. The highest BCUT2D eigenvalue weighted by Gasteiger charge is 1.98. The van der Waals surface area contributed by atoms with Crippen molar-refractivity contribution in [2.24, 2.45) is 0 Å². The van der Waals surface area contributed by atoms with E-state index in [4.69, 9.17) is 0 Å². The molecule has 0 bridgehead atoms. The van der Waals surface area contributed by atoms with Gasteiger partial charge in [0, 0.05) is 18.6 Å². The minimum Gasteiger partial charge on any atom is -0.300 e. The van der Waals surface area contributed by atoms with Gasteiger partial charge in [-0.25, -0.2) is 0 Å². The third-order valence-electron chi connectivity index (χ3n) is 2.25. The van der Waals surface area contributed by atoms with E-state index in [9.17, 15) is 4.79 Å². The lowest BCUT2D eigenvalue weighted by atomic mass is 10.2. The number of benzene rings is 1. The molecule has 0 saturated carbocycles. The van der Waals surface area contributed by atoms with Gasteiger partial charge < -0.3 is 0 Å². The Balaban J connectivity index is 2.05. The summed E-state index contributed by atoms with van der Waals surface area (Å²) in [6.45, 7) is 1.93. The molecule has 0 N–H and O–H groups in total. The molecule has 1 aromatic carbocycles. The van der Waals surface area contributed by atoms with Crippen LogP contribution >= 0.6 is 11.8 Å². The predicted octanol–water partition coefficient (Wildman–Crippen LogP) is 3.68. The highest BCUT2D eigenvalue weighted by molar-refractivity contribution is 7.98. The summed E-state index contributed by atoms with van der Waals surface area (Å²) >= 11 is 1.91. The Hall–Kier alpha value is -0.760. The van der Waals surface area contributed by atoms with Crippen LogP contribution in [0, 0.1) is 0 Å². The van der Waals surface area contributed by atoms with Crippen molar-refractivity contribution < 1.29 is 4.79 Å². The predicted molar refractivity (Wildman–Crippen MR) is 67.1 cm³/mol. The van der Waals surface area contributed by atoms with Crippen LogP contribution < -0.4 is 0 Å². The fraction of sp³-hybridized carbons (Fsp3) is 0.462. The maximum absolute atomic E-state index is 11.0. The Morgan fingerprint density at radius 3 is 2.67 bits per heavy atom. The number of thioether (sulfide) groups is 1. The Labute approximate surface area is 96.3 Å². The van der Waals surface area contributed by atoms with Gasteiger partial charge >= 0.3 is 0 Å². The average molecular weight is 222 g/mol. The lowest BCUT2D eigenvalue weighted by molar-refractivity contribution is -0.118. The summed E-state index contributed by atoms with van der Waals surface area (Å²) in [6.07, 6.45) is 2.45. The van der Waals surface area contributed by atoms with E-state index in [1.807, 2.05) is 24.8 Å². The maximum atomic E-state index is 11.0. The first-order chi connectivity index (χ1) is 7.33. The fourth-order valence-corrected chi connectivity index (χ4v) is 2.23. The van der Waals surface area contributed by atoms with Crippen molar-refractivity contribution >= 4 is 17.5 Å². The first-order valence-electron chi connectivity index (χ1n) is 5.46. The monoisotopic (exact) mass is 222 g/mol. The van der Waals surface area contributed by atoms with Gasteiger partial charge in [0.2, 0.25) is 0 Å². The van der Waals surface area contributed by atoms with Gasteiger partial charge in [-0.2, -0.15) is 11.8 Å². The van der Waals surface area contributed by atoms with E-state index in [2.05, 4.69) is 24.3 Å². The molecule has 82 valence electrons. The second kappa shape index (κ2) is 7.52. The zero-order valence-electron chi connectivity index (χ0n) is 9.24. The van der Waals surface area contributed by atoms with Crippen LogP contribution in [0.1, 0.15) is 31.7 Å². The summed E-state index contributed by atoms with van der Waals surface area (Å²) in [5.74, 6) is 2.53. The van der Waals surface area contributed by atoms with Gasteiger partial charge in [-0.3, -0.25) is 4.79 Å². The molecule has 0 heterocycles. The molecule has 0 fully saturated rings. The fourth-order valence-electron chi connectivity index (χ4n) is 1.31. The standard InChI is InChI=1S/C13H18OS/c1-2-13(14)9-6-10-15-11-12-7-4-3-5-8-12/h3-5,7-8H,2,6,9-11H2,1H3. The van der Waals surface area contributed by atoms with Crippen molar-refractivity contribution in [2.75, 3.05) is 5.75 Å². The molecule has 1 rings (SSSR count). The van der Waals surface area contributed by atoms with Gasteiger partial charge in [0.25, 0.3) is 0 Å². The Bertz CT molecular complexity index is 282. The van der Waals surface area contributed by atoms with Crippen LogP contribution in [0.15, 0.2) is 30.3 Å². The molecule has 0 aliphatic carbocycles. The third kappa shape index (κ3) is 5.63. The Morgan fingerprint density at radius 1 is 1.27 bits per heavy atom. The summed E-state index contributed by atoms with van der Waals surface area (Å²) in [6, 6.07) is 10.5. The molecular formula is C13H18OS. The van der Waals surface area contributed by atoms with E-state index in [0.717, 1.165) is 24.3 Å². The highest BCUT2D eigenvalue weighted by Crippen LogP contribution is 2.13. The first kappa shape index (κ1) is 12.3. The SMILES string of the molecule is CCC(=O)CCCSCc1ccccc1. The number of carbonyl (C=O) groups excluding carboxylic acids is 1.